The highest BCUT2D eigenvalue weighted by Crippen LogP contribution is 2.29. The molecule has 1 atom stereocenters. The van der Waals surface area contributed by atoms with Gasteiger partial charge in [0.25, 0.3) is 0 Å². The summed E-state index contributed by atoms with van der Waals surface area (Å²) in [5, 5.41) is 10.9. The number of aryl methyl sites for hydroxylation is 2. The monoisotopic (exact) mass is 329 g/mol. The van der Waals surface area contributed by atoms with Crippen molar-refractivity contribution in [3.8, 4) is 0 Å². The van der Waals surface area contributed by atoms with E-state index in [9.17, 15) is 4.79 Å². The van der Waals surface area contributed by atoms with Crippen LogP contribution in [-0.2, 0) is 11.3 Å². The van der Waals surface area contributed by atoms with E-state index >= 15 is 0 Å². The normalized spacial score (nSPS) is 17.3. The summed E-state index contributed by atoms with van der Waals surface area (Å²) in [5.41, 5.74) is 3.25. The first-order chi connectivity index (χ1) is 11.5. The van der Waals surface area contributed by atoms with Crippen LogP contribution in [0.4, 0.5) is 5.69 Å². The number of tetrazole rings is 1. The molecule has 1 aliphatic heterocycles. The van der Waals surface area contributed by atoms with Gasteiger partial charge in [0.05, 0.1) is 6.54 Å². The van der Waals surface area contributed by atoms with E-state index < -0.39 is 0 Å². The van der Waals surface area contributed by atoms with Crippen molar-refractivity contribution in [1.29, 1.82) is 0 Å². The number of aromatic nitrogens is 5. The minimum atomic E-state index is 0.147. The molecular weight excluding hydrogens is 306 g/mol. The molecule has 1 saturated heterocycles. The van der Waals surface area contributed by atoms with E-state index in [2.05, 4.69) is 37.5 Å². The predicted octanol–water partition coefficient (Wildman–Crippen LogP) is 0.849. The van der Waals surface area contributed by atoms with E-state index in [1.165, 1.54) is 6.33 Å². The van der Waals surface area contributed by atoms with Gasteiger partial charge < -0.3 is 9.80 Å². The van der Waals surface area contributed by atoms with Gasteiger partial charge in [0, 0.05) is 56.6 Å². The molecular formula is C16H23N7O. The Morgan fingerprint density at radius 2 is 2.21 bits per heavy atom. The molecule has 1 fully saturated rings. The number of nitrogens with zero attached hydrogens (tertiary/aromatic N) is 7. The molecule has 8 nitrogen and oxygen atoms in total. The number of carbonyl (C=O) groups is 1. The Hall–Kier alpha value is -2.51. The molecule has 0 bridgehead atoms. The Labute approximate surface area is 141 Å². The first-order valence-electron chi connectivity index (χ1n) is 8.17. The van der Waals surface area contributed by atoms with Crippen molar-refractivity contribution in [2.75, 3.05) is 32.1 Å². The topological polar surface area (TPSA) is 80.0 Å². The predicted molar refractivity (Wildman–Crippen MR) is 89.7 cm³/mol. The quantitative estimate of drug-likeness (QED) is 0.809. The van der Waals surface area contributed by atoms with E-state index in [0.717, 1.165) is 36.6 Å². The average Bonchev–Trinajstić information content (AvgIpc) is 3.23. The van der Waals surface area contributed by atoms with Crippen LogP contribution in [0, 0.1) is 6.92 Å². The molecule has 3 heterocycles. The summed E-state index contributed by atoms with van der Waals surface area (Å²) in [4.78, 5) is 21.1. The summed E-state index contributed by atoms with van der Waals surface area (Å²) in [6.07, 6.45) is 2.90. The van der Waals surface area contributed by atoms with Crippen molar-refractivity contribution in [2.24, 2.45) is 0 Å². The third kappa shape index (κ3) is 3.69. The number of hydrogen-bond acceptors (Lipinski definition) is 6. The summed E-state index contributed by atoms with van der Waals surface area (Å²) in [6.45, 7) is 4.05. The van der Waals surface area contributed by atoms with E-state index in [4.69, 9.17) is 0 Å². The second-order valence-corrected chi connectivity index (χ2v) is 6.43. The van der Waals surface area contributed by atoms with Crippen molar-refractivity contribution >= 4 is 11.6 Å². The smallest absolute Gasteiger partial charge is 0.224 e. The van der Waals surface area contributed by atoms with Crippen LogP contribution in [0.5, 0.6) is 0 Å². The largest absolute Gasteiger partial charge is 0.378 e. The van der Waals surface area contributed by atoms with Crippen LogP contribution in [0.1, 0.15) is 30.1 Å². The van der Waals surface area contributed by atoms with Gasteiger partial charge in [-0.2, -0.15) is 0 Å². The van der Waals surface area contributed by atoms with Gasteiger partial charge in [-0.25, -0.2) is 4.68 Å². The lowest BCUT2D eigenvalue weighted by Gasteiger charge is -2.18. The van der Waals surface area contributed by atoms with E-state index in [-0.39, 0.29) is 5.91 Å². The van der Waals surface area contributed by atoms with Gasteiger partial charge in [-0.3, -0.25) is 9.78 Å². The maximum Gasteiger partial charge on any atom is 0.224 e. The standard InChI is InChI=1S/C16H23N7O/c1-12-8-14(21(2)3)9-15(18-12)13-4-6-22(10-13)16(24)5-7-23-11-17-19-20-23/h8-9,11,13H,4-7,10H2,1-3H3. The lowest BCUT2D eigenvalue weighted by molar-refractivity contribution is -0.130. The van der Waals surface area contributed by atoms with Gasteiger partial charge in [0.2, 0.25) is 5.91 Å². The SMILES string of the molecule is Cc1cc(N(C)C)cc(C2CCN(C(=O)CCn3cnnn3)C2)n1. The molecule has 0 spiro atoms. The summed E-state index contributed by atoms with van der Waals surface area (Å²) < 4.78 is 1.58. The first kappa shape index (κ1) is 16.4. The van der Waals surface area contributed by atoms with Gasteiger partial charge in [-0.15, -0.1) is 5.10 Å². The third-order valence-corrected chi connectivity index (χ3v) is 4.38. The van der Waals surface area contributed by atoms with Crippen molar-refractivity contribution in [3.05, 3.63) is 29.8 Å². The Balaban J connectivity index is 1.61. The number of anilines is 1. The molecule has 0 N–H and O–H groups in total. The van der Waals surface area contributed by atoms with Crippen LogP contribution in [0.25, 0.3) is 0 Å². The minimum Gasteiger partial charge on any atom is -0.378 e. The van der Waals surface area contributed by atoms with Crippen molar-refractivity contribution in [3.63, 3.8) is 0 Å². The Morgan fingerprint density at radius 1 is 1.38 bits per heavy atom. The lowest BCUT2D eigenvalue weighted by atomic mass is 10.0. The molecule has 0 aliphatic carbocycles. The van der Waals surface area contributed by atoms with Crippen molar-refractivity contribution in [1.82, 2.24) is 30.1 Å². The number of likely N-dealkylation sites (tertiary alicyclic amines) is 1. The molecule has 2 aromatic heterocycles. The van der Waals surface area contributed by atoms with Crippen LogP contribution < -0.4 is 4.90 Å². The van der Waals surface area contributed by atoms with Gasteiger partial charge in [-0.1, -0.05) is 0 Å². The fourth-order valence-electron chi connectivity index (χ4n) is 3.02. The second-order valence-electron chi connectivity index (χ2n) is 6.43. The number of rotatable bonds is 5. The number of carbonyl (C=O) groups excluding carboxylic acids is 1. The Kier molecular flexibility index (Phi) is 4.73. The summed E-state index contributed by atoms with van der Waals surface area (Å²) in [5.74, 6) is 0.453. The molecule has 1 aliphatic rings. The second kappa shape index (κ2) is 6.94. The average molecular weight is 329 g/mol. The fraction of sp³-hybridized carbons (Fsp3) is 0.562. The Bertz CT molecular complexity index is 698. The molecule has 8 heteroatoms. The maximum absolute atomic E-state index is 12.4. The molecule has 0 radical (unpaired) electrons. The summed E-state index contributed by atoms with van der Waals surface area (Å²) >= 11 is 0. The van der Waals surface area contributed by atoms with Crippen LogP contribution in [0.15, 0.2) is 18.5 Å². The maximum atomic E-state index is 12.4. The highest BCUT2D eigenvalue weighted by molar-refractivity contribution is 5.76. The molecule has 3 rings (SSSR count). The number of pyridine rings is 1. The molecule has 128 valence electrons. The third-order valence-electron chi connectivity index (χ3n) is 4.38. The molecule has 0 saturated carbocycles. The van der Waals surface area contributed by atoms with Crippen LogP contribution in [0.3, 0.4) is 0 Å². The van der Waals surface area contributed by atoms with Gasteiger partial charge >= 0.3 is 0 Å². The van der Waals surface area contributed by atoms with Crippen LogP contribution in [-0.4, -0.2) is 63.2 Å². The van der Waals surface area contributed by atoms with Crippen LogP contribution in [0.2, 0.25) is 0 Å². The first-order valence-corrected chi connectivity index (χ1v) is 8.17. The zero-order chi connectivity index (χ0) is 17.1. The van der Waals surface area contributed by atoms with Crippen molar-refractivity contribution < 1.29 is 4.79 Å². The summed E-state index contributed by atoms with van der Waals surface area (Å²) in [6, 6.07) is 4.21. The molecule has 24 heavy (non-hydrogen) atoms. The zero-order valence-corrected chi connectivity index (χ0v) is 14.4. The Morgan fingerprint density at radius 3 is 2.92 bits per heavy atom. The number of hydrogen-bond donors (Lipinski definition) is 0. The van der Waals surface area contributed by atoms with Gasteiger partial charge in [0.15, 0.2) is 0 Å². The van der Waals surface area contributed by atoms with E-state index in [0.29, 0.717) is 18.9 Å². The van der Waals surface area contributed by atoms with Gasteiger partial charge in [0.1, 0.15) is 6.33 Å². The van der Waals surface area contributed by atoms with Gasteiger partial charge in [-0.05, 0) is 35.9 Å². The van der Waals surface area contributed by atoms with E-state index in [1.807, 2.05) is 25.9 Å². The highest BCUT2D eigenvalue weighted by Gasteiger charge is 2.28. The summed E-state index contributed by atoms with van der Waals surface area (Å²) in [7, 11) is 4.06. The van der Waals surface area contributed by atoms with Crippen molar-refractivity contribution in [2.45, 2.75) is 32.2 Å². The minimum absolute atomic E-state index is 0.147. The highest BCUT2D eigenvalue weighted by atomic mass is 16.2. The fourth-order valence-corrected chi connectivity index (χ4v) is 3.02. The molecule has 1 amide bonds. The molecule has 1 unspecified atom stereocenters. The van der Waals surface area contributed by atoms with E-state index in [1.54, 1.807) is 4.68 Å². The number of amides is 1. The van der Waals surface area contributed by atoms with Crippen LogP contribution >= 0.6 is 0 Å². The molecule has 0 aromatic carbocycles. The zero-order valence-electron chi connectivity index (χ0n) is 14.4. The lowest BCUT2D eigenvalue weighted by Crippen LogP contribution is -2.29. The molecule has 2 aromatic rings.